The van der Waals surface area contributed by atoms with Gasteiger partial charge in [0.05, 0.1) is 0 Å². The van der Waals surface area contributed by atoms with Gasteiger partial charge in [-0.2, -0.15) is 4.98 Å². The number of fused-ring (bicyclic) bond motifs is 1. The molecule has 25 heavy (non-hydrogen) atoms. The maximum absolute atomic E-state index is 4.73. The standard InChI is InChI=1S/C20H27N5/c1-5-8-16-13-19(25(6-2)7-3)24-20(22-16)23-17-9-10-18-15(12-17)11-14(4)21-18/h9-13,21H,5-8H2,1-4H3,(H,22,23,24). The number of aromatic amines is 1. The van der Waals surface area contributed by atoms with E-state index >= 15 is 0 Å². The van der Waals surface area contributed by atoms with Gasteiger partial charge < -0.3 is 15.2 Å². The van der Waals surface area contributed by atoms with Crippen LogP contribution in [-0.4, -0.2) is 28.0 Å². The lowest BCUT2D eigenvalue weighted by Gasteiger charge is -2.21. The van der Waals surface area contributed by atoms with E-state index < -0.39 is 0 Å². The summed E-state index contributed by atoms with van der Waals surface area (Å²) >= 11 is 0. The van der Waals surface area contributed by atoms with Crippen molar-refractivity contribution in [1.29, 1.82) is 0 Å². The zero-order chi connectivity index (χ0) is 17.8. The fraction of sp³-hybridized carbons (Fsp3) is 0.400. The van der Waals surface area contributed by atoms with Crippen molar-refractivity contribution >= 4 is 28.4 Å². The molecule has 3 aromatic rings. The molecule has 0 aliphatic heterocycles. The Balaban J connectivity index is 1.93. The van der Waals surface area contributed by atoms with Crippen LogP contribution in [0.4, 0.5) is 17.5 Å². The van der Waals surface area contributed by atoms with Crippen molar-refractivity contribution in [2.24, 2.45) is 0 Å². The SMILES string of the molecule is CCCc1cc(N(CC)CC)nc(Nc2ccc3[nH]c(C)cc3c2)n1. The predicted molar refractivity (Wildman–Crippen MR) is 106 cm³/mol. The number of aryl methyl sites for hydroxylation is 2. The van der Waals surface area contributed by atoms with Crippen LogP contribution >= 0.6 is 0 Å². The Labute approximate surface area is 149 Å². The summed E-state index contributed by atoms with van der Waals surface area (Å²) in [4.78, 5) is 15.0. The van der Waals surface area contributed by atoms with E-state index in [2.05, 4.69) is 73.2 Å². The maximum Gasteiger partial charge on any atom is 0.229 e. The maximum atomic E-state index is 4.73. The van der Waals surface area contributed by atoms with Gasteiger partial charge in [-0.25, -0.2) is 4.98 Å². The summed E-state index contributed by atoms with van der Waals surface area (Å²) in [6, 6.07) is 10.5. The lowest BCUT2D eigenvalue weighted by Crippen LogP contribution is -2.23. The number of nitrogens with one attached hydrogen (secondary N) is 2. The van der Waals surface area contributed by atoms with Gasteiger partial charge in [-0.1, -0.05) is 13.3 Å². The average Bonchev–Trinajstić information content (AvgIpc) is 2.95. The molecule has 0 radical (unpaired) electrons. The molecule has 3 rings (SSSR count). The van der Waals surface area contributed by atoms with E-state index in [9.17, 15) is 0 Å². The second-order valence-electron chi connectivity index (χ2n) is 6.34. The lowest BCUT2D eigenvalue weighted by atomic mass is 10.2. The summed E-state index contributed by atoms with van der Waals surface area (Å²) in [5.74, 6) is 1.66. The summed E-state index contributed by atoms with van der Waals surface area (Å²) in [6.07, 6.45) is 2.03. The molecule has 1 aromatic carbocycles. The Morgan fingerprint density at radius 1 is 1.04 bits per heavy atom. The highest BCUT2D eigenvalue weighted by Gasteiger charge is 2.10. The Kier molecular flexibility index (Phi) is 5.22. The molecule has 0 amide bonds. The van der Waals surface area contributed by atoms with Crippen LogP contribution in [0.1, 0.15) is 38.6 Å². The first-order chi connectivity index (χ1) is 12.1. The highest BCUT2D eigenvalue weighted by atomic mass is 15.2. The molecule has 0 atom stereocenters. The molecule has 0 unspecified atom stereocenters. The molecule has 0 saturated carbocycles. The minimum Gasteiger partial charge on any atom is -0.359 e. The monoisotopic (exact) mass is 337 g/mol. The normalized spacial score (nSPS) is 11.0. The van der Waals surface area contributed by atoms with Gasteiger partial charge in [-0.3, -0.25) is 0 Å². The number of rotatable bonds is 7. The zero-order valence-corrected chi connectivity index (χ0v) is 15.6. The van der Waals surface area contributed by atoms with E-state index in [0.29, 0.717) is 5.95 Å². The fourth-order valence-corrected chi connectivity index (χ4v) is 3.12. The van der Waals surface area contributed by atoms with Gasteiger partial charge in [-0.05, 0) is 51.5 Å². The number of hydrogen-bond acceptors (Lipinski definition) is 4. The summed E-state index contributed by atoms with van der Waals surface area (Å²) in [5, 5.41) is 4.58. The molecule has 0 fully saturated rings. The predicted octanol–water partition coefficient (Wildman–Crippen LogP) is 4.81. The molecule has 2 N–H and O–H groups in total. The second-order valence-corrected chi connectivity index (χ2v) is 6.34. The van der Waals surface area contributed by atoms with Crippen molar-refractivity contribution in [3.8, 4) is 0 Å². The van der Waals surface area contributed by atoms with Crippen molar-refractivity contribution in [2.45, 2.75) is 40.5 Å². The highest BCUT2D eigenvalue weighted by Crippen LogP contribution is 2.23. The van der Waals surface area contributed by atoms with Crippen molar-refractivity contribution in [3.63, 3.8) is 0 Å². The van der Waals surface area contributed by atoms with Gasteiger partial charge in [-0.15, -0.1) is 0 Å². The van der Waals surface area contributed by atoms with Gasteiger partial charge in [0.2, 0.25) is 5.95 Å². The smallest absolute Gasteiger partial charge is 0.229 e. The quantitative estimate of drug-likeness (QED) is 0.649. The third-order valence-electron chi connectivity index (χ3n) is 4.37. The molecule has 5 nitrogen and oxygen atoms in total. The fourth-order valence-electron chi connectivity index (χ4n) is 3.12. The first-order valence-corrected chi connectivity index (χ1v) is 9.12. The molecule has 0 aliphatic rings. The number of H-pyrrole nitrogens is 1. The van der Waals surface area contributed by atoms with Crippen molar-refractivity contribution in [2.75, 3.05) is 23.3 Å². The van der Waals surface area contributed by atoms with Crippen LogP contribution in [0.2, 0.25) is 0 Å². The molecule has 132 valence electrons. The van der Waals surface area contributed by atoms with Crippen LogP contribution in [0.3, 0.4) is 0 Å². The van der Waals surface area contributed by atoms with E-state index in [0.717, 1.165) is 54.3 Å². The molecule has 0 bridgehead atoms. The zero-order valence-electron chi connectivity index (χ0n) is 15.6. The summed E-state index contributed by atoms with van der Waals surface area (Å²) in [6.45, 7) is 10.4. The largest absolute Gasteiger partial charge is 0.359 e. The van der Waals surface area contributed by atoms with E-state index in [1.54, 1.807) is 0 Å². The number of hydrogen-bond donors (Lipinski definition) is 2. The average molecular weight is 337 g/mol. The minimum atomic E-state index is 0.666. The first kappa shape index (κ1) is 17.3. The Bertz CT molecular complexity index is 848. The van der Waals surface area contributed by atoms with E-state index in [-0.39, 0.29) is 0 Å². The van der Waals surface area contributed by atoms with Crippen LogP contribution in [0, 0.1) is 6.92 Å². The Morgan fingerprint density at radius 2 is 1.84 bits per heavy atom. The Morgan fingerprint density at radius 3 is 2.56 bits per heavy atom. The van der Waals surface area contributed by atoms with Crippen LogP contribution in [-0.2, 0) is 6.42 Å². The summed E-state index contributed by atoms with van der Waals surface area (Å²) < 4.78 is 0. The first-order valence-electron chi connectivity index (χ1n) is 9.12. The van der Waals surface area contributed by atoms with Crippen LogP contribution in [0.25, 0.3) is 10.9 Å². The minimum absolute atomic E-state index is 0.666. The molecule has 2 heterocycles. The number of nitrogens with zero attached hydrogens (tertiary/aromatic N) is 3. The third-order valence-corrected chi connectivity index (χ3v) is 4.37. The topological polar surface area (TPSA) is 56.8 Å². The van der Waals surface area contributed by atoms with Crippen LogP contribution in [0.5, 0.6) is 0 Å². The molecule has 2 aromatic heterocycles. The summed E-state index contributed by atoms with van der Waals surface area (Å²) in [7, 11) is 0. The molecular weight excluding hydrogens is 310 g/mol. The van der Waals surface area contributed by atoms with Crippen molar-refractivity contribution < 1.29 is 0 Å². The number of benzene rings is 1. The molecule has 0 spiro atoms. The van der Waals surface area contributed by atoms with Gasteiger partial charge in [0.1, 0.15) is 5.82 Å². The number of anilines is 3. The van der Waals surface area contributed by atoms with E-state index in [1.165, 1.54) is 5.39 Å². The molecular formula is C20H27N5. The van der Waals surface area contributed by atoms with Gasteiger partial charge in [0.25, 0.3) is 0 Å². The van der Waals surface area contributed by atoms with E-state index in [4.69, 9.17) is 9.97 Å². The molecule has 0 saturated heterocycles. The van der Waals surface area contributed by atoms with Gasteiger partial charge in [0.15, 0.2) is 0 Å². The number of aromatic nitrogens is 3. The lowest BCUT2D eigenvalue weighted by molar-refractivity contribution is 0.824. The third kappa shape index (κ3) is 3.92. The highest BCUT2D eigenvalue weighted by molar-refractivity contribution is 5.84. The molecule has 5 heteroatoms. The molecule has 0 aliphatic carbocycles. The summed E-state index contributed by atoms with van der Waals surface area (Å²) in [5.41, 5.74) is 4.40. The van der Waals surface area contributed by atoms with Gasteiger partial charge >= 0.3 is 0 Å². The van der Waals surface area contributed by atoms with Crippen LogP contribution < -0.4 is 10.2 Å². The van der Waals surface area contributed by atoms with Crippen molar-refractivity contribution in [1.82, 2.24) is 15.0 Å². The van der Waals surface area contributed by atoms with Crippen molar-refractivity contribution in [3.05, 3.63) is 41.7 Å². The van der Waals surface area contributed by atoms with Crippen LogP contribution in [0.15, 0.2) is 30.3 Å². The second kappa shape index (κ2) is 7.55. The van der Waals surface area contributed by atoms with Gasteiger partial charge in [0, 0.05) is 47.1 Å². The van der Waals surface area contributed by atoms with E-state index in [1.807, 2.05) is 0 Å². The Hall–Kier alpha value is -2.56.